The van der Waals surface area contributed by atoms with Gasteiger partial charge in [0, 0.05) is 6.42 Å². The predicted molar refractivity (Wildman–Crippen MR) is 137 cm³/mol. The monoisotopic (exact) mass is 518 g/mol. The third-order valence-corrected chi connectivity index (χ3v) is 7.11. The molecule has 0 spiro atoms. The standard InChI is InChI=1S/C29H27FN2O6/c1-36-37-19-25-24(33)17-28(38-25,32-18-23(30)26(34)31-27(32)35)29(20-11-5-2-6-12-20,21-13-7-3-8-14-21)22-15-9-4-10-16-22/h2-16,18,24-25,33H,17,19H2,1H3,(H,31,34,35)/t24-,25-,28+/m0/s1. The van der Waals surface area contributed by atoms with Gasteiger partial charge >= 0.3 is 5.69 Å². The number of aliphatic hydroxyl groups excluding tert-OH is 1. The normalized spacial score (nSPS) is 21.4. The number of ether oxygens (including phenoxy) is 1. The van der Waals surface area contributed by atoms with Crippen LogP contribution in [0.4, 0.5) is 4.39 Å². The Hall–Kier alpha value is -3.89. The van der Waals surface area contributed by atoms with E-state index < -0.39 is 40.4 Å². The molecule has 3 aromatic carbocycles. The van der Waals surface area contributed by atoms with Crippen LogP contribution in [0, 0.1) is 5.82 Å². The van der Waals surface area contributed by atoms with Gasteiger partial charge in [0.1, 0.15) is 12.7 Å². The summed E-state index contributed by atoms with van der Waals surface area (Å²) in [5, 5.41) is 11.3. The van der Waals surface area contributed by atoms with Crippen molar-refractivity contribution in [3.63, 3.8) is 0 Å². The molecule has 38 heavy (non-hydrogen) atoms. The highest BCUT2D eigenvalue weighted by molar-refractivity contribution is 5.53. The van der Waals surface area contributed by atoms with Crippen LogP contribution >= 0.6 is 0 Å². The third-order valence-electron chi connectivity index (χ3n) is 7.11. The van der Waals surface area contributed by atoms with Crippen molar-refractivity contribution < 1.29 is 24.0 Å². The average Bonchev–Trinajstić information content (AvgIpc) is 3.28. The topological polar surface area (TPSA) is 103 Å². The summed E-state index contributed by atoms with van der Waals surface area (Å²) in [5.41, 5.74) is -2.95. The second-order valence-electron chi connectivity index (χ2n) is 9.12. The molecule has 0 unspecified atom stereocenters. The van der Waals surface area contributed by atoms with E-state index in [0.717, 1.165) is 27.5 Å². The molecule has 3 atom stereocenters. The minimum absolute atomic E-state index is 0.144. The maximum atomic E-state index is 14.9. The fraction of sp³-hybridized carbons (Fsp3) is 0.241. The lowest BCUT2D eigenvalue weighted by Crippen LogP contribution is -2.59. The van der Waals surface area contributed by atoms with Crippen LogP contribution < -0.4 is 11.2 Å². The SMILES string of the molecule is COOC[C@@H]1O[C@@](n2cc(F)c(=O)[nH]c2=O)(C(c2ccccc2)(c2ccccc2)c2ccccc2)C[C@@H]1O. The number of halogens is 1. The summed E-state index contributed by atoms with van der Waals surface area (Å²) < 4.78 is 22.6. The van der Waals surface area contributed by atoms with E-state index in [9.17, 15) is 19.1 Å². The summed E-state index contributed by atoms with van der Waals surface area (Å²) >= 11 is 0. The fourth-order valence-electron chi connectivity index (χ4n) is 5.61. The molecule has 9 heteroatoms. The lowest BCUT2D eigenvalue weighted by atomic mass is 9.61. The smallest absolute Gasteiger partial charge is 0.330 e. The Morgan fingerprint density at radius 1 is 0.974 bits per heavy atom. The van der Waals surface area contributed by atoms with Gasteiger partial charge < -0.3 is 9.84 Å². The van der Waals surface area contributed by atoms with E-state index in [2.05, 4.69) is 4.98 Å². The highest BCUT2D eigenvalue weighted by Gasteiger charge is 2.63. The van der Waals surface area contributed by atoms with Crippen molar-refractivity contribution in [2.75, 3.05) is 13.7 Å². The minimum atomic E-state index is -1.76. The zero-order valence-corrected chi connectivity index (χ0v) is 20.6. The van der Waals surface area contributed by atoms with E-state index in [1.54, 1.807) is 0 Å². The van der Waals surface area contributed by atoms with Gasteiger partial charge in [-0.2, -0.15) is 4.39 Å². The molecular formula is C29H27FN2O6. The predicted octanol–water partition coefficient (Wildman–Crippen LogP) is 3.09. The molecule has 1 fully saturated rings. The lowest BCUT2D eigenvalue weighted by Gasteiger charge is -2.50. The van der Waals surface area contributed by atoms with E-state index in [4.69, 9.17) is 14.5 Å². The van der Waals surface area contributed by atoms with Crippen LogP contribution in [0.15, 0.2) is 107 Å². The maximum absolute atomic E-state index is 14.9. The van der Waals surface area contributed by atoms with Gasteiger partial charge in [-0.3, -0.25) is 14.3 Å². The number of H-pyrrole nitrogens is 1. The summed E-state index contributed by atoms with van der Waals surface area (Å²) in [7, 11) is 1.33. The number of nitrogens with one attached hydrogen (secondary N) is 1. The van der Waals surface area contributed by atoms with Gasteiger partial charge in [0.15, 0.2) is 5.72 Å². The number of hydrogen-bond acceptors (Lipinski definition) is 6. The second kappa shape index (κ2) is 10.5. The first-order chi connectivity index (χ1) is 18.4. The molecule has 0 bridgehead atoms. The largest absolute Gasteiger partial charge is 0.390 e. The van der Waals surface area contributed by atoms with Gasteiger partial charge in [-0.1, -0.05) is 91.0 Å². The molecule has 0 saturated carbocycles. The minimum Gasteiger partial charge on any atom is -0.390 e. The molecule has 0 aliphatic carbocycles. The molecule has 8 nitrogen and oxygen atoms in total. The van der Waals surface area contributed by atoms with Crippen LogP contribution in [-0.2, 0) is 25.7 Å². The van der Waals surface area contributed by atoms with Crippen LogP contribution in [-0.4, -0.2) is 40.6 Å². The molecule has 1 aliphatic rings. The second-order valence-corrected chi connectivity index (χ2v) is 9.12. The highest BCUT2D eigenvalue weighted by atomic mass is 19.1. The zero-order chi connectivity index (χ0) is 26.8. The van der Waals surface area contributed by atoms with Crippen molar-refractivity contribution >= 4 is 0 Å². The summed E-state index contributed by atoms with van der Waals surface area (Å²) in [6.07, 6.45) is -1.39. The van der Waals surface area contributed by atoms with Crippen LogP contribution in [0.5, 0.6) is 0 Å². The Labute approximate surface area is 217 Å². The Bertz CT molecular complexity index is 1400. The number of aromatic nitrogens is 2. The number of rotatable bonds is 8. The third kappa shape index (κ3) is 4.10. The van der Waals surface area contributed by atoms with Crippen molar-refractivity contribution in [3.8, 4) is 0 Å². The number of aliphatic hydroxyl groups is 1. The van der Waals surface area contributed by atoms with E-state index in [1.807, 2.05) is 91.0 Å². The molecule has 1 saturated heterocycles. The van der Waals surface area contributed by atoms with Crippen molar-refractivity contribution in [3.05, 3.63) is 141 Å². The van der Waals surface area contributed by atoms with Gasteiger partial charge in [0.2, 0.25) is 5.82 Å². The molecule has 4 aromatic rings. The number of benzene rings is 3. The van der Waals surface area contributed by atoms with Crippen LogP contribution in [0.3, 0.4) is 0 Å². The van der Waals surface area contributed by atoms with Crippen molar-refractivity contribution in [1.82, 2.24) is 9.55 Å². The van der Waals surface area contributed by atoms with E-state index in [0.29, 0.717) is 0 Å². The molecule has 2 heterocycles. The summed E-state index contributed by atoms with van der Waals surface area (Å²) in [4.78, 5) is 37.5. The lowest BCUT2D eigenvalue weighted by molar-refractivity contribution is -0.295. The molecule has 1 aliphatic heterocycles. The molecule has 1 aromatic heterocycles. The summed E-state index contributed by atoms with van der Waals surface area (Å²) in [6.45, 7) is -0.158. The Kier molecular flexibility index (Phi) is 7.09. The van der Waals surface area contributed by atoms with Gasteiger partial charge in [-0.15, -0.1) is 0 Å². The van der Waals surface area contributed by atoms with Crippen LogP contribution in [0.1, 0.15) is 23.1 Å². The van der Waals surface area contributed by atoms with Gasteiger partial charge in [0.25, 0.3) is 5.56 Å². The van der Waals surface area contributed by atoms with Crippen molar-refractivity contribution in [2.24, 2.45) is 0 Å². The van der Waals surface area contributed by atoms with E-state index >= 15 is 0 Å². The molecule has 0 radical (unpaired) electrons. The van der Waals surface area contributed by atoms with Crippen LogP contribution in [0.2, 0.25) is 0 Å². The van der Waals surface area contributed by atoms with E-state index in [-0.39, 0.29) is 13.0 Å². The van der Waals surface area contributed by atoms with Crippen LogP contribution in [0.25, 0.3) is 0 Å². The first kappa shape index (κ1) is 25.7. The van der Waals surface area contributed by atoms with Crippen molar-refractivity contribution in [1.29, 1.82) is 0 Å². The molecule has 2 N–H and O–H groups in total. The fourth-order valence-corrected chi connectivity index (χ4v) is 5.61. The van der Waals surface area contributed by atoms with E-state index in [1.165, 1.54) is 7.11 Å². The number of aromatic amines is 1. The highest BCUT2D eigenvalue weighted by Crippen LogP contribution is 2.56. The Morgan fingerprint density at radius 3 is 1.95 bits per heavy atom. The van der Waals surface area contributed by atoms with Crippen molar-refractivity contribution in [2.45, 2.75) is 29.8 Å². The first-order valence-electron chi connectivity index (χ1n) is 12.1. The quantitative estimate of drug-likeness (QED) is 0.211. The van der Waals surface area contributed by atoms with Gasteiger partial charge in [-0.05, 0) is 16.7 Å². The van der Waals surface area contributed by atoms with Gasteiger partial charge in [0.05, 0.1) is 24.8 Å². The average molecular weight is 519 g/mol. The molecular weight excluding hydrogens is 491 g/mol. The first-order valence-corrected chi connectivity index (χ1v) is 12.1. The maximum Gasteiger partial charge on any atom is 0.330 e. The molecule has 0 amide bonds. The van der Waals surface area contributed by atoms with Gasteiger partial charge in [-0.25, -0.2) is 14.6 Å². The zero-order valence-electron chi connectivity index (χ0n) is 20.6. The number of nitrogens with zero attached hydrogens (tertiary/aromatic N) is 1. The number of hydrogen-bond donors (Lipinski definition) is 2. The molecule has 5 rings (SSSR count). The summed E-state index contributed by atoms with van der Waals surface area (Å²) in [5.74, 6) is -1.17. The molecule has 196 valence electrons. The summed E-state index contributed by atoms with van der Waals surface area (Å²) in [6, 6.07) is 28.1. The Morgan fingerprint density at radius 2 is 1.47 bits per heavy atom. The Balaban J connectivity index is 1.96.